The molecule has 1 unspecified atom stereocenters. The van der Waals surface area contributed by atoms with Crippen molar-refractivity contribution >= 4 is 17.7 Å². The van der Waals surface area contributed by atoms with Crippen LogP contribution in [0.2, 0.25) is 5.02 Å². The van der Waals surface area contributed by atoms with Crippen LogP contribution in [0.1, 0.15) is 53.1 Å². The topological polar surface area (TPSA) is 41.6 Å². The Kier molecular flexibility index (Phi) is 7.36. The van der Waals surface area contributed by atoms with Gasteiger partial charge in [0.2, 0.25) is 0 Å². The maximum absolute atomic E-state index is 12.2. The number of benzene rings is 1. The molecule has 0 saturated carbocycles. The van der Waals surface area contributed by atoms with Crippen molar-refractivity contribution in [3.05, 3.63) is 34.9 Å². The summed E-state index contributed by atoms with van der Waals surface area (Å²) in [6.07, 6.45) is -0.273. The minimum Gasteiger partial charge on any atom is -0.444 e. The summed E-state index contributed by atoms with van der Waals surface area (Å²) in [6, 6.07) is 8.05. The molecule has 4 nitrogen and oxygen atoms in total. The quantitative estimate of drug-likeness (QED) is 0.820. The summed E-state index contributed by atoms with van der Waals surface area (Å²) in [5, 5.41) is 4.15. The van der Waals surface area contributed by atoms with Gasteiger partial charge in [0.25, 0.3) is 0 Å². The highest BCUT2D eigenvalue weighted by Crippen LogP contribution is 2.17. The standard InChI is InChI=1S/C18H29ClN2O2/c1-13(2)21(17(22)23-18(4,5)6)11-10-20-14(3)15-8-7-9-16(19)12-15/h7-9,12-14,20H,10-11H2,1-6H3. The molecule has 0 radical (unpaired) electrons. The zero-order valence-corrected chi connectivity index (χ0v) is 15.8. The zero-order valence-electron chi connectivity index (χ0n) is 15.0. The predicted octanol–water partition coefficient (Wildman–Crippen LogP) is 4.64. The monoisotopic (exact) mass is 340 g/mol. The fourth-order valence-corrected chi connectivity index (χ4v) is 2.37. The van der Waals surface area contributed by atoms with Gasteiger partial charge in [0.05, 0.1) is 0 Å². The minimum absolute atomic E-state index is 0.0909. The molecular weight excluding hydrogens is 312 g/mol. The summed E-state index contributed by atoms with van der Waals surface area (Å²) in [5.41, 5.74) is 0.650. The Labute approximate surface area is 145 Å². The van der Waals surface area contributed by atoms with E-state index in [9.17, 15) is 4.79 Å². The second-order valence-electron chi connectivity index (χ2n) is 7.00. The second kappa shape index (κ2) is 8.55. The molecular formula is C18H29ClN2O2. The largest absolute Gasteiger partial charge is 0.444 e. The fraction of sp³-hybridized carbons (Fsp3) is 0.611. The zero-order chi connectivity index (χ0) is 17.6. The van der Waals surface area contributed by atoms with Gasteiger partial charge in [-0.25, -0.2) is 4.79 Å². The molecule has 1 atom stereocenters. The Morgan fingerprint density at radius 1 is 1.30 bits per heavy atom. The third kappa shape index (κ3) is 7.23. The molecule has 0 aliphatic heterocycles. The molecule has 1 N–H and O–H groups in total. The van der Waals surface area contributed by atoms with Gasteiger partial charge in [-0.2, -0.15) is 0 Å². The highest BCUT2D eigenvalue weighted by molar-refractivity contribution is 6.30. The number of ether oxygens (including phenoxy) is 1. The van der Waals surface area contributed by atoms with Crippen LogP contribution in [0, 0.1) is 0 Å². The van der Waals surface area contributed by atoms with Gasteiger partial charge in [-0.1, -0.05) is 23.7 Å². The average Bonchev–Trinajstić information content (AvgIpc) is 2.40. The van der Waals surface area contributed by atoms with E-state index in [2.05, 4.69) is 12.2 Å². The second-order valence-corrected chi connectivity index (χ2v) is 7.43. The summed E-state index contributed by atoms with van der Waals surface area (Å²) in [5.74, 6) is 0. The summed E-state index contributed by atoms with van der Waals surface area (Å²) in [7, 11) is 0. The lowest BCUT2D eigenvalue weighted by Crippen LogP contribution is -2.44. The molecule has 1 aromatic carbocycles. The number of rotatable bonds is 6. The molecule has 0 fully saturated rings. The Bertz CT molecular complexity index is 512. The van der Waals surface area contributed by atoms with Crippen molar-refractivity contribution in [2.45, 2.75) is 59.2 Å². The van der Waals surface area contributed by atoms with Crippen LogP contribution in [0.4, 0.5) is 4.79 Å². The lowest BCUT2D eigenvalue weighted by molar-refractivity contribution is 0.0192. The van der Waals surface area contributed by atoms with Crippen molar-refractivity contribution in [3.63, 3.8) is 0 Å². The first-order valence-corrected chi connectivity index (χ1v) is 8.46. The van der Waals surface area contributed by atoms with Crippen molar-refractivity contribution in [2.24, 2.45) is 0 Å². The summed E-state index contributed by atoms with van der Waals surface area (Å²) >= 11 is 6.02. The van der Waals surface area contributed by atoms with Crippen LogP contribution in [0.3, 0.4) is 0 Å². The third-order valence-corrected chi connectivity index (χ3v) is 3.64. The van der Waals surface area contributed by atoms with E-state index in [4.69, 9.17) is 16.3 Å². The molecule has 1 amide bonds. The molecule has 0 heterocycles. The molecule has 23 heavy (non-hydrogen) atoms. The molecule has 0 bridgehead atoms. The molecule has 0 aromatic heterocycles. The van der Waals surface area contributed by atoms with E-state index in [0.717, 1.165) is 10.6 Å². The Hall–Kier alpha value is -1.26. The van der Waals surface area contributed by atoms with E-state index in [1.54, 1.807) is 4.90 Å². The maximum Gasteiger partial charge on any atom is 0.410 e. The van der Waals surface area contributed by atoms with Gasteiger partial charge in [-0.05, 0) is 59.2 Å². The molecule has 1 rings (SSSR count). The molecule has 0 saturated heterocycles. The number of hydrogen-bond donors (Lipinski definition) is 1. The highest BCUT2D eigenvalue weighted by Gasteiger charge is 2.23. The van der Waals surface area contributed by atoms with Crippen LogP contribution in [-0.4, -0.2) is 35.7 Å². The summed E-state index contributed by atoms with van der Waals surface area (Å²) in [4.78, 5) is 14.0. The summed E-state index contributed by atoms with van der Waals surface area (Å²) in [6.45, 7) is 13.0. The third-order valence-electron chi connectivity index (χ3n) is 3.40. The Morgan fingerprint density at radius 2 is 1.96 bits per heavy atom. The number of amides is 1. The van der Waals surface area contributed by atoms with Gasteiger partial charge in [-0.15, -0.1) is 0 Å². The van der Waals surface area contributed by atoms with E-state index < -0.39 is 5.60 Å². The number of nitrogens with one attached hydrogen (secondary N) is 1. The normalized spacial score (nSPS) is 13.0. The maximum atomic E-state index is 12.2. The van der Waals surface area contributed by atoms with E-state index in [1.165, 1.54) is 0 Å². The van der Waals surface area contributed by atoms with Gasteiger partial charge in [0.15, 0.2) is 0 Å². The molecule has 130 valence electrons. The van der Waals surface area contributed by atoms with Crippen molar-refractivity contribution < 1.29 is 9.53 Å². The SMILES string of the molecule is CC(NCCN(C(=O)OC(C)(C)C)C(C)C)c1cccc(Cl)c1. The predicted molar refractivity (Wildman–Crippen MR) is 95.9 cm³/mol. The minimum atomic E-state index is -0.480. The van der Waals surface area contributed by atoms with Crippen LogP contribution in [0.5, 0.6) is 0 Å². The van der Waals surface area contributed by atoms with Crippen LogP contribution >= 0.6 is 11.6 Å². The number of hydrogen-bond acceptors (Lipinski definition) is 3. The smallest absolute Gasteiger partial charge is 0.410 e. The van der Waals surface area contributed by atoms with Gasteiger partial charge >= 0.3 is 6.09 Å². The van der Waals surface area contributed by atoms with Crippen LogP contribution < -0.4 is 5.32 Å². The van der Waals surface area contributed by atoms with Crippen molar-refractivity contribution in [3.8, 4) is 0 Å². The first-order valence-electron chi connectivity index (χ1n) is 8.08. The van der Waals surface area contributed by atoms with Crippen LogP contribution in [-0.2, 0) is 4.74 Å². The van der Waals surface area contributed by atoms with Crippen LogP contribution in [0.25, 0.3) is 0 Å². The molecule has 0 spiro atoms. The molecule has 1 aromatic rings. The lowest BCUT2D eigenvalue weighted by atomic mass is 10.1. The number of nitrogens with zero attached hydrogens (tertiary/aromatic N) is 1. The Balaban J connectivity index is 2.54. The first kappa shape index (κ1) is 19.8. The van der Waals surface area contributed by atoms with E-state index >= 15 is 0 Å². The van der Waals surface area contributed by atoms with E-state index in [1.807, 2.05) is 58.9 Å². The van der Waals surface area contributed by atoms with Gasteiger partial charge in [-0.3, -0.25) is 0 Å². The van der Waals surface area contributed by atoms with E-state index in [0.29, 0.717) is 13.1 Å². The Morgan fingerprint density at radius 3 is 2.48 bits per heavy atom. The van der Waals surface area contributed by atoms with Crippen LogP contribution in [0.15, 0.2) is 24.3 Å². The molecule has 0 aliphatic carbocycles. The van der Waals surface area contributed by atoms with Gasteiger partial charge in [0, 0.05) is 30.2 Å². The molecule has 5 heteroatoms. The summed E-state index contributed by atoms with van der Waals surface area (Å²) < 4.78 is 5.46. The van der Waals surface area contributed by atoms with Crippen molar-refractivity contribution in [1.29, 1.82) is 0 Å². The van der Waals surface area contributed by atoms with Gasteiger partial charge in [0.1, 0.15) is 5.60 Å². The number of halogens is 1. The average molecular weight is 341 g/mol. The number of carbonyl (C=O) groups is 1. The first-order chi connectivity index (χ1) is 10.6. The fourth-order valence-electron chi connectivity index (χ4n) is 2.18. The highest BCUT2D eigenvalue weighted by atomic mass is 35.5. The van der Waals surface area contributed by atoms with Crippen molar-refractivity contribution in [1.82, 2.24) is 10.2 Å². The van der Waals surface area contributed by atoms with Gasteiger partial charge < -0.3 is 15.0 Å². The van der Waals surface area contributed by atoms with Crippen molar-refractivity contribution in [2.75, 3.05) is 13.1 Å². The molecule has 0 aliphatic rings. The van der Waals surface area contributed by atoms with E-state index in [-0.39, 0.29) is 18.2 Å². The number of carbonyl (C=O) groups excluding carboxylic acids is 1. The lowest BCUT2D eigenvalue weighted by Gasteiger charge is -2.30.